The Labute approximate surface area is 117 Å². The first-order valence-electron chi connectivity index (χ1n) is 6.48. The highest BCUT2D eigenvalue weighted by Gasteiger charge is 2.13. The molecule has 0 unspecified atom stereocenters. The Morgan fingerprint density at radius 2 is 1.75 bits per heavy atom. The Balaban J connectivity index is 2.26. The fourth-order valence-corrected chi connectivity index (χ4v) is 2.25. The molecule has 1 aromatic heterocycles. The summed E-state index contributed by atoms with van der Waals surface area (Å²) in [5, 5.41) is 17.9. The van der Waals surface area contributed by atoms with Crippen molar-refractivity contribution in [3.63, 3.8) is 0 Å². The Bertz CT molecular complexity index is 760. The lowest BCUT2D eigenvalue weighted by molar-refractivity contribution is 0.331. The van der Waals surface area contributed by atoms with E-state index in [1.54, 1.807) is 4.68 Å². The number of rotatable bonds is 3. The van der Waals surface area contributed by atoms with Crippen LogP contribution in [0.25, 0.3) is 16.7 Å². The van der Waals surface area contributed by atoms with E-state index in [2.05, 4.69) is 10.3 Å². The number of para-hydroxylation sites is 1. The van der Waals surface area contributed by atoms with Gasteiger partial charge in [-0.15, -0.1) is 5.10 Å². The monoisotopic (exact) mass is 265 g/mol. The van der Waals surface area contributed by atoms with Gasteiger partial charge in [0.15, 0.2) is 0 Å². The van der Waals surface area contributed by atoms with E-state index in [-0.39, 0.29) is 6.61 Å². The Morgan fingerprint density at radius 3 is 2.50 bits per heavy atom. The number of fused-ring (bicyclic) bond motifs is 1. The molecule has 0 fully saturated rings. The second-order valence-corrected chi connectivity index (χ2v) is 4.64. The van der Waals surface area contributed by atoms with Gasteiger partial charge in [-0.05, 0) is 24.6 Å². The summed E-state index contributed by atoms with van der Waals surface area (Å²) < 4.78 is 1.79. The molecule has 0 saturated carbocycles. The Hall–Kier alpha value is -2.46. The van der Waals surface area contributed by atoms with E-state index in [9.17, 15) is 5.11 Å². The zero-order valence-corrected chi connectivity index (χ0v) is 11.2. The summed E-state index contributed by atoms with van der Waals surface area (Å²) >= 11 is 0. The summed E-state index contributed by atoms with van der Waals surface area (Å²) in [6.45, 7) is 1.89. The summed E-state index contributed by atoms with van der Waals surface area (Å²) in [6.07, 6.45) is 0. The minimum atomic E-state index is -0.0155. The first-order chi connectivity index (χ1) is 9.81. The van der Waals surface area contributed by atoms with Crippen molar-refractivity contribution in [2.75, 3.05) is 6.61 Å². The van der Waals surface area contributed by atoms with Crippen molar-refractivity contribution in [1.29, 1.82) is 0 Å². The first kappa shape index (κ1) is 12.6. The second-order valence-electron chi connectivity index (χ2n) is 4.64. The van der Waals surface area contributed by atoms with Gasteiger partial charge in [0, 0.05) is 5.56 Å². The number of nitrogens with zero attached hydrogens (tertiary/aromatic N) is 3. The molecule has 0 aliphatic carbocycles. The van der Waals surface area contributed by atoms with Crippen molar-refractivity contribution in [3.05, 3.63) is 65.7 Å². The maximum absolute atomic E-state index is 9.52. The summed E-state index contributed by atoms with van der Waals surface area (Å²) in [6, 6.07) is 17.7. The standard InChI is InChI=1S/C16H15N3O/c1-12(11-20)16(13-7-3-2-4-8-13)19-15-10-6-5-9-14(15)17-18-19/h2-10,20H,11H2,1H3/b16-12+. The van der Waals surface area contributed by atoms with Gasteiger partial charge in [0.25, 0.3) is 0 Å². The lowest BCUT2D eigenvalue weighted by Crippen LogP contribution is -2.05. The molecule has 3 rings (SSSR count). The Kier molecular flexibility index (Phi) is 3.31. The average molecular weight is 265 g/mol. The molecule has 0 aliphatic heterocycles. The highest BCUT2D eigenvalue weighted by Crippen LogP contribution is 2.23. The zero-order valence-electron chi connectivity index (χ0n) is 11.2. The van der Waals surface area contributed by atoms with Crippen LogP contribution in [0, 0.1) is 0 Å². The third-order valence-electron chi connectivity index (χ3n) is 3.25. The fourth-order valence-electron chi connectivity index (χ4n) is 2.25. The smallest absolute Gasteiger partial charge is 0.113 e. The van der Waals surface area contributed by atoms with Gasteiger partial charge in [-0.1, -0.05) is 47.7 Å². The van der Waals surface area contributed by atoms with Crippen molar-refractivity contribution < 1.29 is 5.11 Å². The van der Waals surface area contributed by atoms with E-state index in [1.807, 2.05) is 61.5 Å². The SMILES string of the molecule is C/C(CO)=C(/c1ccccc1)n1nnc2ccccc21. The quantitative estimate of drug-likeness (QED) is 0.792. The summed E-state index contributed by atoms with van der Waals surface area (Å²) in [5.41, 5.74) is 4.51. The van der Waals surface area contributed by atoms with Crippen molar-refractivity contribution in [3.8, 4) is 0 Å². The second kappa shape index (κ2) is 5.27. The largest absolute Gasteiger partial charge is 0.392 e. The maximum atomic E-state index is 9.52. The molecule has 0 spiro atoms. The molecule has 0 atom stereocenters. The topological polar surface area (TPSA) is 50.9 Å². The molecule has 0 amide bonds. The van der Waals surface area contributed by atoms with Gasteiger partial charge in [-0.2, -0.15) is 0 Å². The highest BCUT2D eigenvalue weighted by molar-refractivity contribution is 5.81. The van der Waals surface area contributed by atoms with Crippen molar-refractivity contribution in [2.24, 2.45) is 0 Å². The summed E-state index contributed by atoms with van der Waals surface area (Å²) in [7, 11) is 0. The fraction of sp³-hybridized carbons (Fsp3) is 0.125. The molecule has 2 aromatic carbocycles. The van der Waals surface area contributed by atoms with Crippen LogP contribution in [0.1, 0.15) is 12.5 Å². The van der Waals surface area contributed by atoms with Crippen LogP contribution in [-0.2, 0) is 0 Å². The number of aromatic nitrogens is 3. The first-order valence-corrected chi connectivity index (χ1v) is 6.48. The third-order valence-corrected chi connectivity index (χ3v) is 3.25. The highest BCUT2D eigenvalue weighted by atomic mass is 16.3. The van der Waals surface area contributed by atoms with E-state index in [0.29, 0.717) is 0 Å². The predicted molar refractivity (Wildman–Crippen MR) is 79.0 cm³/mol. The van der Waals surface area contributed by atoms with Gasteiger partial charge in [0.2, 0.25) is 0 Å². The van der Waals surface area contributed by atoms with Gasteiger partial charge in [0.1, 0.15) is 5.52 Å². The normalized spacial score (nSPS) is 12.5. The van der Waals surface area contributed by atoms with Crippen molar-refractivity contribution in [1.82, 2.24) is 15.0 Å². The summed E-state index contributed by atoms with van der Waals surface area (Å²) in [5.74, 6) is 0. The number of aliphatic hydroxyl groups is 1. The Morgan fingerprint density at radius 1 is 1.05 bits per heavy atom. The van der Waals surface area contributed by atoms with E-state index in [1.165, 1.54) is 0 Å². The van der Waals surface area contributed by atoms with E-state index < -0.39 is 0 Å². The third kappa shape index (κ3) is 2.10. The molecular formula is C16H15N3O. The molecule has 4 heteroatoms. The molecule has 100 valence electrons. The molecule has 20 heavy (non-hydrogen) atoms. The molecule has 1 N–H and O–H groups in total. The van der Waals surface area contributed by atoms with Gasteiger partial charge < -0.3 is 5.11 Å². The molecule has 3 aromatic rings. The van der Waals surface area contributed by atoms with Gasteiger partial charge in [-0.25, -0.2) is 4.68 Å². The minimum absolute atomic E-state index is 0.0155. The van der Waals surface area contributed by atoms with Crippen molar-refractivity contribution in [2.45, 2.75) is 6.92 Å². The zero-order chi connectivity index (χ0) is 13.9. The number of aliphatic hydroxyl groups excluding tert-OH is 1. The molecule has 0 saturated heterocycles. The number of benzene rings is 2. The molecule has 4 nitrogen and oxygen atoms in total. The van der Waals surface area contributed by atoms with Gasteiger partial charge in [-0.3, -0.25) is 0 Å². The van der Waals surface area contributed by atoms with Crippen LogP contribution in [0.4, 0.5) is 0 Å². The van der Waals surface area contributed by atoms with Crippen molar-refractivity contribution >= 4 is 16.7 Å². The average Bonchev–Trinajstić information content (AvgIpc) is 2.92. The van der Waals surface area contributed by atoms with E-state index in [0.717, 1.165) is 27.9 Å². The molecule has 0 bridgehead atoms. The summed E-state index contributed by atoms with van der Waals surface area (Å²) in [4.78, 5) is 0. The van der Waals surface area contributed by atoms with Crippen LogP contribution in [0.3, 0.4) is 0 Å². The minimum Gasteiger partial charge on any atom is -0.392 e. The number of hydrogen-bond acceptors (Lipinski definition) is 3. The van der Waals surface area contributed by atoms with E-state index in [4.69, 9.17) is 0 Å². The molecule has 0 radical (unpaired) electrons. The predicted octanol–water partition coefficient (Wildman–Crippen LogP) is 2.70. The van der Waals surface area contributed by atoms with Gasteiger partial charge in [0.05, 0.1) is 17.8 Å². The van der Waals surface area contributed by atoms with Crippen LogP contribution in [0.15, 0.2) is 60.2 Å². The molecule has 0 aliphatic rings. The van der Waals surface area contributed by atoms with Crippen LogP contribution >= 0.6 is 0 Å². The number of hydrogen-bond donors (Lipinski definition) is 1. The van der Waals surface area contributed by atoms with Crippen LogP contribution in [0.2, 0.25) is 0 Å². The van der Waals surface area contributed by atoms with Crippen LogP contribution in [0.5, 0.6) is 0 Å². The van der Waals surface area contributed by atoms with Gasteiger partial charge >= 0.3 is 0 Å². The van der Waals surface area contributed by atoms with E-state index >= 15 is 0 Å². The molecular weight excluding hydrogens is 250 g/mol. The van der Waals surface area contributed by atoms with Crippen LogP contribution < -0.4 is 0 Å². The lowest BCUT2D eigenvalue weighted by atomic mass is 10.1. The maximum Gasteiger partial charge on any atom is 0.113 e. The molecule has 1 heterocycles. The van der Waals surface area contributed by atoms with Crippen LogP contribution in [-0.4, -0.2) is 26.7 Å². The lowest BCUT2D eigenvalue weighted by Gasteiger charge is -2.12.